The van der Waals surface area contributed by atoms with Gasteiger partial charge < -0.3 is 5.32 Å². The van der Waals surface area contributed by atoms with E-state index in [1.807, 2.05) is 6.20 Å². The van der Waals surface area contributed by atoms with Gasteiger partial charge in [0.1, 0.15) is 5.01 Å². The van der Waals surface area contributed by atoms with Crippen molar-refractivity contribution < 1.29 is 0 Å². The maximum Gasteiger partial charge on any atom is 0.109 e. The minimum atomic E-state index is 0.482. The summed E-state index contributed by atoms with van der Waals surface area (Å²) in [5, 5.41) is 6.92. The van der Waals surface area contributed by atoms with Crippen LogP contribution < -0.4 is 5.32 Å². The summed E-state index contributed by atoms with van der Waals surface area (Å²) in [4.78, 5) is 4.37. The highest BCUT2D eigenvalue weighted by Crippen LogP contribution is 2.27. The summed E-state index contributed by atoms with van der Waals surface area (Å²) in [5.74, 6) is 0.934. The zero-order valence-corrected chi connectivity index (χ0v) is 9.52. The molecule has 0 amide bonds. The summed E-state index contributed by atoms with van der Waals surface area (Å²) in [7, 11) is 0. The van der Waals surface area contributed by atoms with E-state index in [0.717, 1.165) is 12.3 Å². The monoisotopic (exact) mass is 210 g/mol. The predicted molar refractivity (Wildman–Crippen MR) is 60.5 cm³/mol. The highest BCUT2D eigenvalue weighted by atomic mass is 32.1. The molecule has 1 atom stereocenters. The van der Waals surface area contributed by atoms with E-state index in [0.29, 0.717) is 6.04 Å². The van der Waals surface area contributed by atoms with Gasteiger partial charge in [-0.3, -0.25) is 0 Å². The fourth-order valence-electron chi connectivity index (χ4n) is 1.82. The molecule has 3 heteroatoms. The number of hydrogen-bond acceptors (Lipinski definition) is 3. The van der Waals surface area contributed by atoms with Crippen LogP contribution in [0.4, 0.5) is 0 Å². The Morgan fingerprint density at radius 2 is 2.50 bits per heavy atom. The van der Waals surface area contributed by atoms with E-state index in [9.17, 15) is 0 Å². The Hall–Kier alpha value is -0.410. The SMILES string of the molecule is CCC(NCC1CCC1)c1nccs1. The zero-order chi connectivity index (χ0) is 9.80. The first-order valence-electron chi connectivity index (χ1n) is 5.53. The molecule has 14 heavy (non-hydrogen) atoms. The highest BCUT2D eigenvalue weighted by molar-refractivity contribution is 7.09. The molecule has 2 nitrogen and oxygen atoms in total. The second-order valence-corrected chi connectivity index (χ2v) is 4.96. The number of hydrogen-bond donors (Lipinski definition) is 1. The van der Waals surface area contributed by atoms with Crippen molar-refractivity contribution in [2.45, 2.75) is 38.6 Å². The van der Waals surface area contributed by atoms with Crippen LogP contribution in [0.1, 0.15) is 43.7 Å². The summed E-state index contributed by atoms with van der Waals surface area (Å²) in [6.07, 6.45) is 7.30. The van der Waals surface area contributed by atoms with Gasteiger partial charge >= 0.3 is 0 Å². The van der Waals surface area contributed by atoms with Gasteiger partial charge in [0.25, 0.3) is 0 Å². The molecule has 0 radical (unpaired) electrons. The molecule has 0 aromatic carbocycles. The molecular formula is C11H18N2S. The Kier molecular flexibility index (Phi) is 3.54. The van der Waals surface area contributed by atoms with Crippen LogP contribution >= 0.6 is 11.3 Å². The van der Waals surface area contributed by atoms with Crippen LogP contribution in [0.3, 0.4) is 0 Å². The number of thiazole rings is 1. The zero-order valence-electron chi connectivity index (χ0n) is 8.70. The van der Waals surface area contributed by atoms with Crippen molar-refractivity contribution in [3.05, 3.63) is 16.6 Å². The van der Waals surface area contributed by atoms with E-state index < -0.39 is 0 Å². The summed E-state index contributed by atoms with van der Waals surface area (Å²) in [5.41, 5.74) is 0. The normalized spacial score (nSPS) is 19.2. The molecule has 0 spiro atoms. The molecule has 1 aromatic rings. The molecule has 1 aliphatic rings. The average Bonchev–Trinajstić information content (AvgIpc) is 2.62. The van der Waals surface area contributed by atoms with Crippen molar-refractivity contribution in [3.63, 3.8) is 0 Å². The largest absolute Gasteiger partial charge is 0.308 e. The van der Waals surface area contributed by atoms with Crippen molar-refractivity contribution in [1.82, 2.24) is 10.3 Å². The molecule has 1 aromatic heterocycles. The molecule has 0 bridgehead atoms. The number of nitrogens with zero attached hydrogens (tertiary/aromatic N) is 1. The molecule has 0 aliphatic heterocycles. The van der Waals surface area contributed by atoms with E-state index in [2.05, 4.69) is 22.6 Å². The van der Waals surface area contributed by atoms with Crippen LogP contribution in [0.5, 0.6) is 0 Å². The molecule has 78 valence electrons. The molecule has 1 unspecified atom stereocenters. The third kappa shape index (κ3) is 2.34. The van der Waals surface area contributed by atoms with Gasteiger partial charge in [0.05, 0.1) is 6.04 Å². The summed E-state index contributed by atoms with van der Waals surface area (Å²) in [6.45, 7) is 3.40. The molecule has 1 aliphatic carbocycles. The standard InChI is InChI=1S/C11H18N2S/c1-2-10(11-12-6-7-14-11)13-8-9-4-3-5-9/h6-7,9-10,13H,2-5,8H2,1H3. The maximum atomic E-state index is 4.37. The van der Waals surface area contributed by atoms with Crippen LogP contribution in [0, 0.1) is 5.92 Å². The lowest BCUT2D eigenvalue weighted by Crippen LogP contribution is -2.30. The van der Waals surface area contributed by atoms with Crippen molar-refractivity contribution in [2.75, 3.05) is 6.54 Å². The average molecular weight is 210 g/mol. The number of nitrogens with one attached hydrogen (secondary N) is 1. The lowest BCUT2D eigenvalue weighted by Gasteiger charge is -2.27. The Labute approximate surface area is 89.8 Å². The second-order valence-electron chi connectivity index (χ2n) is 4.04. The minimum Gasteiger partial charge on any atom is -0.308 e. The van der Waals surface area contributed by atoms with Crippen LogP contribution in [-0.4, -0.2) is 11.5 Å². The minimum absolute atomic E-state index is 0.482. The Morgan fingerprint density at radius 1 is 1.64 bits per heavy atom. The highest BCUT2D eigenvalue weighted by Gasteiger charge is 2.19. The smallest absolute Gasteiger partial charge is 0.109 e. The summed E-state index contributed by atoms with van der Waals surface area (Å²) >= 11 is 1.76. The topological polar surface area (TPSA) is 24.9 Å². The second kappa shape index (κ2) is 4.89. The van der Waals surface area contributed by atoms with Gasteiger partial charge in [-0.1, -0.05) is 13.3 Å². The first-order chi connectivity index (χ1) is 6.90. The summed E-state index contributed by atoms with van der Waals surface area (Å²) < 4.78 is 0. The molecular weight excluding hydrogens is 192 g/mol. The quantitative estimate of drug-likeness (QED) is 0.808. The molecule has 1 fully saturated rings. The van der Waals surface area contributed by atoms with Gasteiger partial charge in [-0.15, -0.1) is 11.3 Å². The van der Waals surface area contributed by atoms with E-state index >= 15 is 0 Å². The van der Waals surface area contributed by atoms with E-state index in [1.54, 1.807) is 11.3 Å². The van der Waals surface area contributed by atoms with Crippen molar-refractivity contribution in [3.8, 4) is 0 Å². The van der Waals surface area contributed by atoms with Gasteiger partial charge in [0.2, 0.25) is 0 Å². The molecule has 2 rings (SSSR count). The Morgan fingerprint density at radius 3 is 3.00 bits per heavy atom. The lowest BCUT2D eigenvalue weighted by atomic mass is 9.85. The predicted octanol–water partition coefficient (Wildman–Crippen LogP) is 2.98. The lowest BCUT2D eigenvalue weighted by molar-refractivity contribution is 0.287. The maximum absolute atomic E-state index is 4.37. The fraction of sp³-hybridized carbons (Fsp3) is 0.727. The van der Waals surface area contributed by atoms with Gasteiger partial charge in [-0.25, -0.2) is 4.98 Å². The van der Waals surface area contributed by atoms with Crippen LogP contribution in [0.2, 0.25) is 0 Å². The first-order valence-corrected chi connectivity index (χ1v) is 6.41. The third-order valence-electron chi connectivity index (χ3n) is 3.04. The third-order valence-corrected chi connectivity index (χ3v) is 3.92. The van der Waals surface area contributed by atoms with Crippen LogP contribution in [-0.2, 0) is 0 Å². The number of rotatable bonds is 5. The number of aromatic nitrogens is 1. The Balaban J connectivity index is 1.80. The van der Waals surface area contributed by atoms with E-state index in [4.69, 9.17) is 0 Å². The summed E-state index contributed by atoms with van der Waals surface area (Å²) in [6, 6.07) is 0.482. The molecule has 0 saturated heterocycles. The van der Waals surface area contributed by atoms with Gasteiger partial charge in [-0.05, 0) is 31.7 Å². The van der Waals surface area contributed by atoms with Crippen LogP contribution in [0.25, 0.3) is 0 Å². The molecule has 1 N–H and O–H groups in total. The van der Waals surface area contributed by atoms with Gasteiger partial charge in [-0.2, -0.15) is 0 Å². The van der Waals surface area contributed by atoms with Crippen molar-refractivity contribution in [1.29, 1.82) is 0 Å². The molecule has 1 saturated carbocycles. The molecule has 1 heterocycles. The van der Waals surface area contributed by atoms with Crippen molar-refractivity contribution >= 4 is 11.3 Å². The van der Waals surface area contributed by atoms with Crippen LogP contribution in [0.15, 0.2) is 11.6 Å². The van der Waals surface area contributed by atoms with Gasteiger partial charge in [0.15, 0.2) is 0 Å². The van der Waals surface area contributed by atoms with Gasteiger partial charge in [0, 0.05) is 11.6 Å². The first kappa shape index (κ1) is 10.1. The fourth-order valence-corrected chi connectivity index (χ4v) is 2.62. The van der Waals surface area contributed by atoms with Crippen molar-refractivity contribution in [2.24, 2.45) is 5.92 Å². The van der Waals surface area contributed by atoms with E-state index in [-0.39, 0.29) is 0 Å². The van der Waals surface area contributed by atoms with E-state index in [1.165, 1.54) is 30.8 Å². The Bertz CT molecular complexity index is 254.